The second-order valence-electron chi connectivity index (χ2n) is 4.14. The standard InChI is InChI=1S/C14H16N2O4/c1-3-5-13-15-12(16-20-13)9-19-14-10(8-17)6-4-7-11(14)18-2/h4,6-8H,3,5,9H2,1-2H3. The summed E-state index contributed by atoms with van der Waals surface area (Å²) in [5.41, 5.74) is 0.418. The molecule has 1 aromatic carbocycles. The van der Waals surface area contributed by atoms with Crippen LogP contribution in [0.3, 0.4) is 0 Å². The van der Waals surface area contributed by atoms with Crippen LogP contribution in [0.5, 0.6) is 11.5 Å². The zero-order valence-electron chi connectivity index (χ0n) is 11.5. The third-order valence-corrected chi connectivity index (χ3v) is 2.68. The van der Waals surface area contributed by atoms with Crippen LogP contribution in [-0.4, -0.2) is 23.5 Å². The maximum absolute atomic E-state index is 11.0. The largest absolute Gasteiger partial charge is 0.493 e. The van der Waals surface area contributed by atoms with Crippen LogP contribution in [-0.2, 0) is 13.0 Å². The van der Waals surface area contributed by atoms with Gasteiger partial charge in [0.05, 0.1) is 12.7 Å². The summed E-state index contributed by atoms with van der Waals surface area (Å²) in [6.07, 6.45) is 2.39. The Morgan fingerprint density at radius 3 is 2.95 bits per heavy atom. The maximum atomic E-state index is 11.0. The second kappa shape index (κ2) is 6.70. The van der Waals surface area contributed by atoms with Gasteiger partial charge in [0.1, 0.15) is 0 Å². The first-order valence-corrected chi connectivity index (χ1v) is 6.35. The van der Waals surface area contributed by atoms with Gasteiger partial charge in [0.25, 0.3) is 0 Å². The summed E-state index contributed by atoms with van der Waals surface area (Å²) < 4.78 is 15.8. The van der Waals surface area contributed by atoms with E-state index in [9.17, 15) is 4.79 Å². The lowest BCUT2D eigenvalue weighted by Crippen LogP contribution is -2.02. The molecule has 2 aromatic rings. The fourth-order valence-electron chi connectivity index (χ4n) is 1.74. The molecule has 0 bridgehead atoms. The molecule has 0 aliphatic heterocycles. The number of ether oxygens (including phenoxy) is 2. The van der Waals surface area contributed by atoms with E-state index < -0.39 is 0 Å². The summed E-state index contributed by atoms with van der Waals surface area (Å²) in [6, 6.07) is 5.10. The molecule has 0 N–H and O–H groups in total. The minimum absolute atomic E-state index is 0.119. The highest BCUT2D eigenvalue weighted by Crippen LogP contribution is 2.30. The number of carbonyl (C=O) groups is 1. The van der Waals surface area contributed by atoms with E-state index in [1.54, 1.807) is 18.2 Å². The molecule has 0 fully saturated rings. The van der Waals surface area contributed by atoms with Crippen LogP contribution in [0.4, 0.5) is 0 Å². The van der Waals surface area contributed by atoms with Crippen molar-refractivity contribution in [2.24, 2.45) is 0 Å². The summed E-state index contributed by atoms with van der Waals surface area (Å²) in [4.78, 5) is 15.2. The van der Waals surface area contributed by atoms with Crippen molar-refractivity contribution in [3.63, 3.8) is 0 Å². The number of aromatic nitrogens is 2. The van der Waals surface area contributed by atoms with Crippen LogP contribution in [0.25, 0.3) is 0 Å². The fourth-order valence-corrected chi connectivity index (χ4v) is 1.74. The summed E-state index contributed by atoms with van der Waals surface area (Å²) in [7, 11) is 1.52. The quantitative estimate of drug-likeness (QED) is 0.723. The summed E-state index contributed by atoms with van der Waals surface area (Å²) in [5.74, 6) is 1.90. The number of aldehydes is 1. The molecule has 0 spiro atoms. The lowest BCUT2D eigenvalue weighted by Gasteiger charge is -2.10. The van der Waals surface area contributed by atoms with Crippen molar-refractivity contribution in [1.29, 1.82) is 0 Å². The number of benzene rings is 1. The monoisotopic (exact) mass is 276 g/mol. The third kappa shape index (κ3) is 3.14. The number of hydrogen-bond acceptors (Lipinski definition) is 6. The Labute approximate surface area is 116 Å². The average Bonchev–Trinajstić information content (AvgIpc) is 2.92. The Balaban J connectivity index is 2.11. The molecule has 0 saturated heterocycles. The maximum Gasteiger partial charge on any atom is 0.226 e. The first-order valence-electron chi connectivity index (χ1n) is 6.35. The molecule has 0 saturated carbocycles. The van der Waals surface area contributed by atoms with Gasteiger partial charge >= 0.3 is 0 Å². The molecular weight excluding hydrogens is 260 g/mol. The Morgan fingerprint density at radius 1 is 1.40 bits per heavy atom. The Hall–Kier alpha value is -2.37. The summed E-state index contributed by atoms with van der Waals surface area (Å²) in [5, 5.41) is 3.82. The molecule has 0 radical (unpaired) electrons. The highest BCUT2D eigenvalue weighted by molar-refractivity contribution is 5.81. The molecule has 1 heterocycles. The van der Waals surface area contributed by atoms with Gasteiger partial charge in [-0.2, -0.15) is 4.98 Å². The molecule has 6 heteroatoms. The molecule has 6 nitrogen and oxygen atoms in total. The number of hydrogen-bond donors (Lipinski definition) is 0. The van der Waals surface area contributed by atoms with Gasteiger partial charge in [0.15, 0.2) is 24.4 Å². The van der Waals surface area contributed by atoms with Gasteiger partial charge in [-0.3, -0.25) is 4.79 Å². The first-order chi connectivity index (χ1) is 9.78. The second-order valence-corrected chi connectivity index (χ2v) is 4.14. The van der Waals surface area contributed by atoms with Gasteiger partial charge in [0, 0.05) is 6.42 Å². The number of para-hydroxylation sites is 1. The highest BCUT2D eigenvalue weighted by atomic mass is 16.5. The molecule has 106 valence electrons. The first kappa shape index (κ1) is 14.0. The van der Waals surface area contributed by atoms with Crippen LogP contribution < -0.4 is 9.47 Å². The van der Waals surface area contributed by atoms with Gasteiger partial charge in [-0.25, -0.2) is 0 Å². The molecule has 1 aromatic heterocycles. The predicted octanol–water partition coefficient (Wildman–Crippen LogP) is 2.42. The van der Waals surface area contributed by atoms with Crippen LogP contribution >= 0.6 is 0 Å². The number of nitrogens with zero attached hydrogens (tertiary/aromatic N) is 2. The number of aryl methyl sites for hydroxylation is 1. The van der Waals surface area contributed by atoms with Gasteiger partial charge in [-0.15, -0.1) is 0 Å². The van der Waals surface area contributed by atoms with Gasteiger partial charge < -0.3 is 14.0 Å². The lowest BCUT2D eigenvalue weighted by molar-refractivity contribution is 0.111. The smallest absolute Gasteiger partial charge is 0.226 e. The molecule has 20 heavy (non-hydrogen) atoms. The molecule has 0 aliphatic carbocycles. The minimum Gasteiger partial charge on any atom is -0.493 e. The van der Waals surface area contributed by atoms with E-state index in [2.05, 4.69) is 10.1 Å². The zero-order valence-corrected chi connectivity index (χ0v) is 11.5. The molecular formula is C14H16N2O4. The lowest BCUT2D eigenvalue weighted by atomic mass is 10.2. The summed E-state index contributed by atoms with van der Waals surface area (Å²) in [6.45, 7) is 2.15. The van der Waals surface area contributed by atoms with Gasteiger partial charge in [-0.05, 0) is 18.6 Å². The van der Waals surface area contributed by atoms with Crippen molar-refractivity contribution in [1.82, 2.24) is 10.1 Å². The Kier molecular flexibility index (Phi) is 4.70. The third-order valence-electron chi connectivity index (χ3n) is 2.68. The molecule has 2 rings (SSSR count). The fraction of sp³-hybridized carbons (Fsp3) is 0.357. The highest BCUT2D eigenvalue weighted by Gasteiger charge is 2.12. The normalized spacial score (nSPS) is 10.3. The Bertz CT molecular complexity index is 580. The molecule has 0 amide bonds. The van der Waals surface area contributed by atoms with E-state index >= 15 is 0 Å². The van der Waals surface area contributed by atoms with Crippen molar-refractivity contribution in [2.45, 2.75) is 26.4 Å². The number of methoxy groups -OCH3 is 1. The predicted molar refractivity (Wildman–Crippen MR) is 71.0 cm³/mol. The van der Waals surface area contributed by atoms with E-state index in [1.165, 1.54) is 7.11 Å². The van der Waals surface area contributed by atoms with Crippen LogP contribution in [0.2, 0.25) is 0 Å². The van der Waals surface area contributed by atoms with Crippen molar-refractivity contribution in [3.05, 3.63) is 35.5 Å². The van der Waals surface area contributed by atoms with Crippen molar-refractivity contribution in [3.8, 4) is 11.5 Å². The van der Waals surface area contributed by atoms with E-state index in [1.807, 2.05) is 6.92 Å². The van der Waals surface area contributed by atoms with Crippen LogP contribution in [0.1, 0.15) is 35.4 Å². The van der Waals surface area contributed by atoms with Crippen LogP contribution in [0, 0.1) is 0 Å². The number of rotatable bonds is 7. The van der Waals surface area contributed by atoms with Crippen molar-refractivity contribution < 1.29 is 18.8 Å². The average molecular weight is 276 g/mol. The SMILES string of the molecule is CCCc1nc(COc2c(C=O)cccc2OC)no1. The summed E-state index contributed by atoms with van der Waals surface area (Å²) >= 11 is 0. The topological polar surface area (TPSA) is 74.5 Å². The molecule has 0 unspecified atom stereocenters. The van der Waals surface area contributed by atoms with Crippen molar-refractivity contribution in [2.75, 3.05) is 7.11 Å². The zero-order chi connectivity index (χ0) is 14.4. The van der Waals surface area contributed by atoms with E-state index in [0.29, 0.717) is 28.8 Å². The molecule has 0 aliphatic rings. The minimum atomic E-state index is 0.119. The Morgan fingerprint density at radius 2 is 2.25 bits per heavy atom. The van der Waals surface area contributed by atoms with Gasteiger partial charge in [0.2, 0.25) is 11.7 Å². The van der Waals surface area contributed by atoms with Gasteiger partial charge in [-0.1, -0.05) is 18.1 Å². The van der Waals surface area contributed by atoms with E-state index in [4.69, 9.17) is 14.0 Å². The molecule has 0 atom stereocenters. The number of carbonyl (C=O) groups excluding carboxylic acids is 1. The van der Waals surface area contributed by atoms with E-state index in [0.717, 1.165) is 19.1 Å². The van der Waals surface area contributed by atoms with E-state index in [-0.39, 0.29) is 6.61 Å². The van der Waals surface area contributed by atoms with Crippen molar-refractivity contribution >= 4 is 6.29 Å². The van der Waals surface area contributed by atoms with Crippen LogP contribution in [0.15, 0.2) is 22.7 Å².